The van der Waals surface area contributed by atoms with Crippen molar-refractivity contribution in [3.63, 3.8) is 0 Å². The maximum Gasteiger partial charge on any atom is 0.191 e. The zero-order valence-electron chi connectivity index (χ0n) is 20.2. The summed E-state index contributed by atoms with van der Waals surface area (Å²) in [5.41, 5.74) is 1.17. The SMILES string of the molecule is CCNC(=NCc1ccc(OCCCN(C)C)cc1)NCC(C(C)C)N1CCOCC1. The van der Waals surface area contributed by atoms with Crippen LogP contribution in [0.2, 0.25) is 0 Å². The highest BCUT2D eigenvalue weighted by molar-refractivity contribution is 5.79. The van der Waals surface area contributed by atoms with Crippen molar-refractivity contribution in [1.82, 2.24) is 20.4 Å². The summed E-state index contributed by atoms with van der Waals surface area (Å²) in [6.45, 7) is 14.5. The van der Waals surface area contributed by atoms with Gasteiger partial charge in [-0.1, -0.05) is 26.0 Å². The third-order valence-electron chi connectivity index (χ3n) is 5.47. The van der Waals surface area contributed by atoms with Crippen LogP contribution in [-0.2, 0) is 11.3 Å². The summed E-state index contributed by atoms with van der Waals surface area (Å²) < 4.78 is 11.3. The molecule has 0 saturated carbocycles. The van der Waals surface area contributed by atoms with Gasteiger partial charge in [-0.15, -0.1) is 0 Å². The lowest BCUT2D eigenvalue weighted by Crippen LogP contribution is -2.52. The number of ether oxygens (including phenoxy) is 2. The van der Waals surface area contributed by atoms with Crippen LogP contribution < -0.4 is 15.4 Å². The van der Waals surface area contributed by atoms with Crippen LogP contribution in [-0.4, -0.2) is 88.4 Å². The van der Waals surface area contributed by atoms with E-state index in [0.29, 0.717) is 18.5 Å². The molecule has 176 valence electrons. The average Bonchev–Trinajstić information content (AvgIpc) is 2.76. The number of rotatable bonds is 12. The van der Waals surface area contributed by atoms with Crippen LogP contribution in [0.1, 0.15) is 32.8 Å². The van der Waals surface area contributed by atoms with E-state index in [-0.39, 0.29) is 0 Å². The second-order valence-corrected chi connectivity index (χ2v) is 8.69. The molecule has 7 heteroatoms. The normalized spacial score (nSPS) is 16.5. The highest BCUT2D eigenvalue weighted by atomic mass is 16.5. The van der Waals surface area contributed by atoms with Crippen LogP contribution in [0.25, 0.3) is 0 Å². The maximum absolute atomic E-state index is 5.82. The molecular weight excluding hydrogens is 390 g/mol. The largest absolute Gasteiger partial charge is 0.494 e. The Morgan fingerprint density at radius 1 is 1.16 bits per heavy atom. The van der Waals surface area contributed by atoms with Crippen molar-refractivity contribution in [1.29, 1.82) is 0 Å². The van der Waals surface area contributed by atoms with E-state index >= 15 is 0 Å². The number of benzene rings is 1. The average molecular weight is 434 g/mol. The molecule has 0 amide bonds. The molecule has 7 nitrogen and oxygen atoms in total. The summed E-state index contributed by atoms with van der Waals surface area (Å²) in [6.07, 6.45) is 1.03. The van der Waals surface area contributed by atoms with Gasteiger partial charge in [-0.2, -0.15) is 0 Å². The molecular formula is C24H43N5O2. The van der Waals surface area contributed by atoms with E-state index in [0.717, 1.165) is 70.7 Å². The summed E-state index contributed by atoms with van der Waals surface area (Å²) in [5, 5.41) is 6.92. The molecule has 1 atom stereocenters. The second kappa shape index (κ2) is 14.3. The molecule has 2 rings (SSSR count). The number of hydrogen-bond acceptors (Lipinski definition) is 5. The van der Waals surface area contributed by atoms with Gasteiger partial charge in [0.1, 0.15) is 5.75 Å². The van der Waals surface area contributed by atoms with Crippen LogP contribution in [0, 0.1) is 5.92 Å². The Morgan fingerprint density at radius 2 is 1.87 bits per heavy atom. The molecule has 1 aliphatic heterocycles. The molecule has 0 radical (unpaired) electrons. The first-order valence-corrected chi connectivity index (χ1v) is 11.7. The molecule has 0 aromatic heterocycles. The Balaban J connectivity index is 1.85. The van der Waals surface area contributed by atoms with Gasteiger partial charge in [-0.3, -0.25) is 4.90 Å². The second-order valence-electron chi connectivity index (χ2n) is 8.69. The number of hydrogen-bond donors (Lipinski definition) is 2. The van der Waals surface area contributed by atoms with E-state index in [4.69, 9.17) is 14.5 Å². The highest BCUT2D eigenvalue weighted by Crippen LogP contribution is 2.14. The van der Waals surface area contributed by atoms with E-state index in [2.05, 4.69) is 67.4 Å². The van der Waals surface area contributed by atoms with Crippen LogP contribution >= 0.6 is 0 Å². The molecule has 1 aliphatic rings. The van der Waals surface area contributed by atoms with Gasteiger partial charge in [0.25, 0.3) is 0 Å². The predicted octanol–water partition coefficient (Wildman–Crippen LogP) is 2.43. The maximum atomic E-state index is 5.82. The standard InChI is InChI=1S/C24H43N5O2/c1-6-25-24(27-19-23(20(2)3)29-13-16-30-17-14-29)26-18-21-8-10-22(11-9-21)31-15-7-12-28(4)5/h8-11,20,23H,6-7,12-19H2,1-5H3,(H2,25,26,27). The first-order valence-electron chi connectivity index (χ1n) is 11.7. The molecule has 2 N–H and O–H groups in total. The monoisotopic (exact) mass is 433 g/mol. The summed E-state index contributed by atoms with van der Waals surface area (Å²) in [4.78, 5) is 9.49. The molecule has 0 spiro atoms. The fourth-order valence-corrected chi connectivity index (χ4v) is 3.67. The first-order chi connectivity index (χ1) is 15.0. The van der Waals surface area contributed by atoms with Crippen molar-refractivity contribution in [3.8, 4) is 5.75 Å². The van der Waals surface area contributed by atoms with Crippen molar-refractivity contribution >= 4 is 5.96 Å². The Labute approximate surface area is 189 Å². The van der Waals surface area contributed by atoms with E-state index in [1.807, 2.05) is 12.1 Å². The topological polar surface area (TPSA) is 61.4 Å². The minimum absolute atomic E-state index is 0.469. The van der Waals surface area contributed by atoms with Crippen molar-refractivity contribution in [3.05, 3.63) is 29.8 Å². The fraction of sp³-hybridized carbons (Fsp3) is 0.708. The number of nitrogens with one attached hydrogen (secondary N) is 2. The molecule has 1 fully saturated rings. The van der Waals surface area contributed by atoms with Crippen molar-refractivity contribution in [2.45, 2.75) is 39.8 Å². The van der Waals surface area contributed by atoms with Gasteiger partial charge in [0, 0.05) is 38.8 Å². The minimum Gasteiger partial charge on any atom is -0.494 e. The highest BCUT2D eigenvalue weighted by Gasteiger charge is 2.23. The number of aliphatic imine (C=N–C) groups is 1. The van der Waals surface area contributed by atoms with E-state index in [1.54, 1.807) is 0 Å². The first kappa shape index (κ1) is 25.4. The smallest absolute Gasteiger partial charge is 0.191 e. The summed E-state index contributed by atoms with van der Waals surface area (Å²) in [5.74, 6) is 2.35. The van der Waals surface area contributed by atoms with Gasteiger partial charge in [-0.05, 0) is 51.1 Å². The summed E-state index contributed by atoms with van der Waals surface area (Å²) >= 11 is 0. The Hall–Kier alpha value is -1.83. The van der Waals surface area contributed by atoms with Gasteiger partial charge >= 0.3 is 0 Å². The third-order valence-corrected chi connectivity index (χ3v) is 5.47. The number of guanidine groups is 1. The van der Waals surface area contributed by atoms with E-state index in [1.165, 1.54) is 5.56 Å². The Morgan fingerprint density at radius 3 is 2.48 bits per heavy atom. The summed E-state index contributed by atoms with van der Waals surface area (Å²) in [6, 6.07) is 8.73. The van der Waals surface area contributed by atoms with Gasteiger partial charge in [-0.25, -0.2) is 4.99 Å². The zero-order chi connectivity index (χ0) is 22.5. The van der Waals surface area contributed by atoms with Gasteiger partial charge < -0.3 is 25.0 Å². The minimum atomic E-state index is 0.469. The molecule has 1 heterocycles. The van der Waals surface area contributed by atoms with Crippen molar-refractivity contribution in [2.24, 2.45) is 10.9 Å². The lowest BCUT2D eigenvalue weighted by atomic mass is 10.0. The third kappa shape index (κ3) is 9.89. The zero-order valence-corrected chi connectivity index (χ0v) is 20.2. The molecule has 1 unspecified atom stereocenters. The van der Waals surface area contributed by atoms with Crippen LogP contribution in [0.3, 0.4) is 0 Å². The lowest BCUT2D eigenvalue weighted by Gasteiger charge is -2.37. The lowest BCUT2D eigenvalue weighted by molar-refractivity contribution is 0.00752. The quantitative estimate of drug-likeness (QED) is 0.300. The van der Waals surface area contributed by atoms with Crippen molar-refractivity contribution < 1.29 is 9.47 Å². The van der Waals surface area contributed by atoms with E-state index < -0.39 is 0 Å². The van der Waals surface area contributed by atoms with Gasteiger partial charge in [0.2, 0.25) is 0 Å². The molecule has 0 aliphatic carbocycles. The van der Waals surface area contributed by atoms with Crippen LogP contribution in [0.5, 0.6) is 5.75 Å². The molecule has 1 aromatic rings. The molecule has 0 bridgehead atoms. The van der Waals surface area contributed by atoms with Gasteiger partial charge in [0.05, 0.1) is 26.4 Å². The molecule has 1 aromatic carbocycles. The Kier molecular flexibility index (Phi) is 11.7. The van der Waals surface area contributed by atoms with Crippen LogP contribution in [0.4, 0.5) is 0 Å². The molecule has 1 saturated heterocycles. The van der Waals surface area contributed by atoms with Crippen molar-refractivity contribution in [2.75, 3.05) is 66.6 Å². The van der Waals surface area contributed by atoms with Gasteiger partial charge in [0.15, 0.2) is 5.96 Å². The Bertz CT molecular complexity index is 627. The fourth-order valence-electron chi connectivity index (χ4n) is 3.67. The summed E-state index contributed by atoms with van der Waals surface area (Å²) in [7, 11) is 4.16. The predicted molar refractivity (Wildman–Crippen MR) is 129 cm³/mol. The van der Waals surface area contributed by atoms with Crippen LogP contribution in [0.15, 0.2) is 29.3 Å². The number of morpholine rings is 1. The van der Waals surface area contributed by atoms with E-state index in [9.17, 15) is 0 Å². The molecule has 31 heavy (non-hydrogen) atoms. The number of nitrogens with zero attached hydrogens (tertiary/aromatic N) is 3.